The second kappa shape index (κ2) is 9.37. The first kappa shape index (κ1) is 21.3. The van der Waals surface area contributed by atoms with Crippen LogP contribution in [0, 0.1) is 5.92 Å². The fraction of sp³-hybridized carbons (Fsp3) is 0.636. The van der Waals surface area contributed by atoms with E-state index in [9.17, 15) is 9.59 Å². The maximum atomic E-state index is 13.4. The average Bonchev–Trinajstić information content (AvgIpc) is 3.18. The summed E-state index contributed by atoms with van der Waals surface area (Å²) in [5.41, 5.74) is 0.919. The normalized spacial score (nSPS) is 22.0. The lowest BCUT2D eigenvalue weighted by molar-refractivity contribution is -0.136. The van der Waals surface area contributed by atoms with E-state index < -0.39 is 0 Å². The molecule has 0 radical (unpaired) electrons. The molecule has 7 heteroatoms. The van der Waals surface area contributed by atoms with Gasteiger partial charge >= 0.3 is 6.03 Å². The van der Waals surface area contributed by atoms with E-state index in [1.54, 1.807) is 19.1 Å². The molecule has 0 aliphatic carbocycles. The summed E-state index contributed by atoms with van der Waals surface area (Å²) in [6.07, 6.45) is 3.26. The first-order chi connectivity index (χ1) is 13.9. The van der Waals surface area contributed by atoms with Crippen molar-refractivity contribution < 1.29 is 19.1 Å². The van der Waals surface area contributed by atoms with Gasteiger partial charge in [0.25, 0.3) is 0 Å². The van der Waals surface area contributed by atoms with Gasteiger partial charge in [0, 0.05) is 43.7 Å². The maximum absolute atomic E-state index is 13.4. The Balaban J connectivity index is 1.92. The average molecular weight is 404 g/mol. The monoisotopic (exact) mass is 403 g/mol. The molecule has 0 bridgehead atoms. The smallest absolute Gasteiger partial charge is 0.317 e. The van der Waals surface area contributed by atoms with E-state index in [4.69, 9.17) is 9.47 Å². The minimum Gasteiger partial charge on any atom is -0.497 e. The van der Waals surface area contributed by atoms with Crippen molar-refractivity contribution in [3.05, 3.63) is 23.8 Å². The molecule has 0 saturated carbocycles. The molecule has 0 spiro atoms. The first-order valence-electron chi connectivity index (χ1n) is 10.5. The van der Waals surface area contributed by atoms with Crippen LogP contribution in [0.5, 0.6) is 11.5 Å². The van der Waals surface area contributed by atoms with Gasteiger partial charge in [-0.15, -0.1) is 0 Å². The fourth-order valence-corrected chi connectivity index (χ4v) is 4.35. The molecule has 2 heterocycles. The molecule has 160 valence electrons. The molecule has 0 aromatic heterocycles. The van der Waals surface area contributed by atoms with Gasteiger partial charge in [0.15, 0.2) is 0 Å². The number of hydrogen-bond donors (Lipinski definition) is 1. The van der Waals surface area contributed by atoms with E-state index in [1.165, 1.54) is 6.42 Å². The number of hydrogen-bond acceptors (Lipinski definition) is 4. The molecular formula is C22H33N3O4. The fourth-order valence-electron chi connectivity index (χ4n) is 4.35. The molecule has 3 rings (SSSR count). The number of urea groups is 1. The third-order valence-electron chi connectivity index (χ3n) is 5.84. The number of nitrogens with zero attached hydrogens (tertiary/aromatic N) is 2. The number of benzene rings is 1. The van der Waals surface area contributed by atoms with Crippen molar-refractivity contribution in [2.75, 3.05) is 40.4 Å². The number of ether oxygens (including phenoxy) is 2. The molecule has 2 aliphatic heterocycles. The lowest BCUT2D eigenvalue weighted by Gasteiger charge is -2.31. The minimum absolute atomic E-state index is 0.0455. The van der Waals surface area contributed by atoms with E-state index in [-0.39, 0.29) is 29.8 Å². The van der Waals surface area contributed by atoms with Crippen LogP contribution in [0.25, 0.3) is 0 Å². The van der Waals surface area contributed by atoms with Crippen LogP contribution in [0.1, 0.15) is 44.6 Å². The number of piperidine rings is 1. The zero-order valence-corrected chi connectivity index (χ0v) is 17.9. The SMILES string of the molecule is COc1ccc(OC)c([C@H]2CN(C(=O)NC(C)C)C[C@H]2C(=O)N2CCCCC2)c1. The molecule has 2 fully saturated rings. The number of amides is 3. The van der Waals surface area contributed by atoms with Crippen molar-refractivity contribution in [2.45, 2.75) is 45.1 Å². The number of methoxy groups -OCH3 is 2. The number of rotatable bonds is 5. The number of likely N-dealkylation sites (tertiary alicyclic amines) is 2. The molecule has 7 nitrogen and oxygen atoms in total. The lowest BCUT2D eigenvalue weighted by Crippen LogP contribution is -2.44. The van der Waals surface area contributed by atoms with Gasteiger partial charge in [0.05, 0.1) is 20.1 Å². The Hall–Kier alpha value is -2.44. The second-order valence-corrected chi connectivity index (χ2v) is 8.22. The standard InChI is InChI=1S/C22H33N3O4/c1-15(2)23-22(27)25-13-18(17-12-16(28-3)8-9-20(17)29-4)19(14-25)21(26)24-10-6-5-7-11-24/h8-9,12,15,18-19H,5-7,10-11,13-14H2,1-4H3,(H,23,27)/t18-,19-/m1/s1. The third-order valence-corrected chi connectivity index (χ3v) is 5.84. The number of nitrogens with one attached hydrogen (secondary N) is 1. The quantitative estimate of drug-likeness (QED) is 0.821. The summed E-state index contributed by atoms with van der Waals surface area (Å²) >= 11 is 0. The summed E-state index contributed by atoms with van der Waals surface area (Å²) < 4.78 is 11.0. The second-order valence-electron chi connectivity index (χ2n) is 8.22. The van der Waals surface area contributed by atoms with E-state index in [1.807, 2.05) is 36.9 Å². The molecule has 3 amide bonds. The highest BCUT2D eigenvalue weighted by molar-refractivity contribution is 5.83. The van der Waals surface area contributed by atoms with E-state index >= 15 is 0 Å². The molecule has 29 heavy (non-hydrogen) atoms. The van der Waals surface area contributed by atoms with Crippen molar-refractivity contribution in [1.29, 1.82) is 0 Å². The van der Waals surface area contributed by atoms with Crippen LogP contribution in [0.4, 0.5) is 4.79 Å². The van der Waals surface area contributed by atoms with Crippen LogP contribution in [0.2, 0.25) is 0 Å². The van der Waals surface area contributed by atoms with Crippen LogP contribution in [0.15, 0.2) is 18.2 Å². The minimum atomic E-state index is -0.285. The van der Waals surface area contributed by atoms with E-state index in [2.05, 4.69) is 5.32 Å². The molecule has 0 unspecified atom stereocenters. The molecule has 2 saturated heterocycles. The summed E-state index contributed by atoms with van der Waals surface area (Å²) in [6.45, 7) is 6.37. The maximum Gasteiger partial charge on any atom is 0.317 e. The predicted octanol–water partition coefficient (Wildman–Crippen LogP) is 2.85. The van der Waals surface area contributed by atoms with Crippen LogP contribution >= 0.6 is 0 Å². The van der Waals surface area contributed by atoms with Crippen LogP contribution in [0.3, 0.4) is 0 Å². The van der Waals surface area contributed by atoms with Gasteiger partial charge < -0.3 is 24.6 Å². The topological polar surface area (TPSA) is 71.1 Å². The highest BCUT2D eigenvalue weighted by Gasteiger charge is 2.43. The van der Waals surface area contributed by atoms with Crippen LogP contribution < -0.4 is 14.8 Å². The third kappa shape index (κ3) is 4.77. The summed E-state index contributed by atoms with van der Waals surface area (Å²) in [5, 5.41) is 2.95. The van der Waals surface area contributed by atoms with Gasteiger partial charge in [-0.3, -0.25) is 4.79 Å². The Morgan fingerprint density at radius 1 is 1.03 bits per heavy atom. The zero-order valence-electron chi connectivity index (χ0n) is 17.9. The van der Waals surface area contributed by atoms with Gasteiger partial charge in [0.2, 0.25) is 5.91 Å². The Kier molecular flexibility index (Phi) is 6.87. The van der Waals surface area contributed by atoms with Gasteiger partial charge in [-0.2, -0.15) is 0 Å². The molecule has 2 atom stereocenters. The highest BCUT2D eigenvalue weighted by atomic mass is 16.5. The van der Waals surface area contributed by atoms with Crippen molar-refractivity contribution in [1.82, 2.24) is 15.1 Å². The number of carbonyl (C=O) groups is 2. The van der Waals surface area contributed by atoms with Gasteiger partial charge in [0.1, 0.15) is 11.5 Å². The van der Waals surface area contributed by atoms with Crippen molar-refractivity contribution >= 4 is 11.9 Å². The summed E-state index contributed by atoms with van der Waals surface area (Å²) in [6, 6.07) is 5.57. The predicted molar refractivity (Wildman–Crippen MR) is 111 cm³/mol. The number of carbonyl (C=O) groups excluding carboxylic acids is 2. The zero-order chi connectivity index (χ0) is 21.0. The van der Waals surface area contributed by atoms with E-state index in [0.29, 0.717) is 13.1 Å². The Morgan fingerprint density at radius 2 is 1.76 bits per heavy atom. The highest BCUT2D eigenvalue weighted by Crippen LogP contribution is 2.40. The van der Waals surface area contributed by atoms with Crippen molar-refractivity contribution in [3.63, 3.8) is 0 Å². The van der Waals surface area contributed by atoms with Gasteiger partial charge in [-0.1, -0.05) is 0 Å². The van der Waals surface area contributed by atoms with Crippen LogP contribution in [-0.2, 0) is 4.79 Å². The van der Waals surface area contributed by atoms with Crippen molar-refractivity contribution in [3.8, 4) is 11.5 Å². The van der Waals surface area contributed by atoms with Gasteiger partial charge in [-0.05, 0) is 51.3 Å². The summed E-state index contributed by atoms with van der Waals surface area (Å²) in [5.74, 6) is 1.16. The first-order valence-corrected chi connectivity index (χ1v) is 10.5. The van der Waals surface area contributed by atoms with Crippen molar-refractivity contribution in [2.24, 2.45) is 5.92 Å². The molecule has 1 aromatic carbocycles. The molecular weight excluding hydrogens is 370 g/mol. The molecule has 1 aromatic rings. The van der Waals surface area contributed by atoms with Crippen LogP contribution in [-0.4, -0.2) is 68.2 Å². The Morgan fingerprint density at radius 3 is 2.38 bits per heavy atom. The van der Waals surface area contributed by atoms with E-state index in [0.717, 1.165) is 43.0 Å². The lowest BCUT2D eigenvalue weighted by atomic mass is 9.86. The Bertz CT molecular complexity index is 731. The largest absolute Gasteiger partial charge is 0.497 e. The summed E-state index contributed by atoms with van der Waals surface area (Å²) in [4.78, 5) is 29.8. The summed E-state index contributed by atoms with van der Waals surface area (Å²) in [7, 11) is 3.25. The molecule has 1 N–H and O–H groups in total. The van der Waals surface area contributed by atoms with Gasteiger partial charge in [-0.25, -0.2) is 4.79 Å². The molecule has 2 aliphatic rings. The Labute approximate surface area is 173 Å².